The summed E-state index contributed by atoms with van der Waals surface area (Å²) in [4.78, 5) is 28.7. The Morgan fingerprint density at radius 2 is 2.00 bits per heavy atom. The van der Waals surface area contributed by atoms with Gasteiger partial charge in [0.05, 0.1) is 17.9 Å². The molecule has 0 aliphatic carbocycles. The summed E-state index contributed by atoms with van der Waals surface area (Å²) in [6, 6.07) is 9.12. The minimum atomic E-state index is -0.583. The van der Waals surface area contributed by atoms with Gasteiger partial charge in [0.2, 0.25) is 5.91 Å². The smallest absolute Gasteiger partial charge is 0.255 e. The number of benzene rings is 1. The third-order valence-electron chi connectivity index (χ3n) is 5.70. The zero-order valence-corrected chi connectivity index (χ0v) is 16.3. The number of nitrogens with zero attached hydrogens (tertiary/aromatic N) is 3. The third-order valence-corrected chi connectivity index (χ3v) is 5.70. The van der Waals surface area contributed by atoms with Crippen LogP contribution in [0.3, 0.4) is 0 Å². The van der Waals surface area contributed by atoms with Gasteiger partial charge in [0, 0.05) is 49.9 Å². The SMILES string of the molecule is N[C@H]1CN(CC(=O)Nc2ccc(-n3ccccc3=O)cc2F)C[C@@H]1CN1CCC1. The molecule has 0 spiro atoms. The normalized spacial score (nSPS) is 22.4. The molecule has 0 unspecified atom stereocenters. The summed E-state index contributed by atoms with van der Waals surface area (Å²) in [6.07, 6.45) is 2.82. The maximum absolute atomic E-state index is 14.5. The Kier molecular flexibility index (Phi) is 5.75. The second-order valence-corrected chi connectivity index (χ2v) is 7.89. The van der Waals surface area contributed by atoms with Crippen molar-refractivity contribution in [3.8, 4) is 5.69 Å². The van der Waals surface area contributed by atoms with Gasteiger partial charge < -0.3 is 16.0 Å². The lowest BCUT2D eigenvalue weighted by molar-refractivity contribution is -0.117. The van der Waals surface area contributed by atoms with E-state index in [1.807, 2.05) is 4.90 Å². The predicted octanol–water partition coefficient (Wildman–Crippen LogP) is 0.880. The molecule has 2 atom stereocenters. The summed E-state index contributed by atoms with van der Waals surface area (Å²) in [7, 11) is 0. The monoisotopic (exact) mass is 399 g/mol. The first kappa shape index (κ1) is 19.8. The molecule has 8 heteroatoms. The number of nitrogens with one attached hydrogen (secondary N) is 1. The highest BCUT2D eigenvalue weighted by Crippen LogP contribution is 2.21. The number of likely N-dealkylation sites (tertiary alicyclic amines) is 2. The van der Waals surface area contributed by atoms with E-state index in [2.05, 4.69) is 10.2 Å². The van der Waals surface area contributed by atoms with E-state index < -0.39 is 5.82 Å². The number of amides is 1. The Balaban J connectivity index is 1.35. The summed E-state index contributed by atoms with van der Waals surface area (Å²) in [5, 5.41) is 2.63. The molecule has 2 aromatic rings. The Morgan fingerprint density at radius 3 is 2.69 bits per heavy atom. The molecule has 7 nitrogen and oxygen atoms in total. The topological polar surface area (TPSA) is 83.6 Å². The molecule has 29 heavy (non-hydrogen) atoms. The van der Waals surface area contributed by atoms with Gasteiger partial charge >= 0.3 is 0 Å². The van der Waals surface area contributed by atoms with Crippen LogP contribution in [0, 0.1) is 11.7 Å². The minimum absolute atomic E-state index is 0.0589. The van der Waals surface area contributed by atoms with Crippen LogP contribution in [-0.2, 0) is 4.79 Å². The largest absolute Gasteiger partial charge is 0.326 e. The van der Waals surface area contributed by atoms with Gasteiger partial charge in [-0.3, -0.25) is 19.1 Å². The molecule has 1 aromatic heterocycles. The highest BCUT2D eigenvalue weighted by atomic mass is 19.1. The quantitative estimate of drug-likeness (QED) is 0.754. The van der Waals surface area contributed by atoms with Gasteiger partial charge in [0.25, 0.3) is 5.56 Å². The number of anilines is 1. The number of nitrogens with two attached hydrogens (primary N) is 1. The van der Waals surface area contributed by atoms with Crippen LogP contribution in [0.1, 0.15) is 6.42 Å². The van der Waals surface area contributed by atoms with Crippen molar-refractivity contribution in [2.24, 2.45) is 11.7 Å². The summed E-state index contributed by atoms with van der Waals surface area (Å²) < 4.78 is 15.8. The second kappa shape index (κ2) is 8.44. The second-order valence-electron chi connectivity index (χ2n) is 7.89. The van der Waals surface area contributed by atoms with Crippen LogP contribution < -0.4 is 16.6 Å². The van der Waals surface area contributed by atoms with E-state index in [4.69, 9.17) is 5.73 Å². The van der Waals surface area contributed by atoms with Crippen LogP contribution >= 0.6 is 0 Å². The molecule has 3 heterocycles. The summed E-state index contributed by atoms with van der Waals surface area (Å²) >= 11 is 0. The number of aromatic nitrogens is 1. The highest BCUT2D eigenvalue weighted by Gasteiger charge is 2.33. The van der Waals surface area contributed by atoms with Crippen molar-refractivity contribution < 1.29 is 9.18 Å². The zero-order valence-electron chi connectivity index (χ0n) is 16.3. The van der Waals surface area contributed by atoms with Crippen LogP contribution in [0.15, 0.2) is 47.4 Å². The standard InChI is InChI=1S/C21H26FN5O2/c22-17-10-16(27-9-2-1-4-21(27)29)5-6-19(17)24-20(28)14-26-12-15(18(23)13-26)11-25-7-3-8-25/h1-2,4-6,9-10,15,18H,3,7-8,11-14,23H2,(H,24,28)/t15-,18-/m0/s1. The molecule has 154 valence electrons. The van der Waals surface area contributed by atoms with Crippen molar-refractivity contribution in [2.75, 3.05) is 44.6 Å². The highest BCUT2D eigenvalue weighted by molar-refractivity contribution is 5.92. The maximum Gasteiger partial charge on any atom is 0.255 e. The molecule has 2 aliphatic heterocycles. The first-order valence-corrected chi connectivity index (χ1v) is 9.97. The van der Waals surface area contributed by atoms with Crippen molar-refractivity contribution in [1.29, 1.82) is 0 Å². The molecule has 3 N–H and O–H groups in total. The predicted molar refractivity (Wildman–Crippen MR) is 110 cm³/mol. The van der Waals surface area contributed by atoms with Crippen molar-refractivity contribution in [2.45, 2.75) is 12.5 Å². The van der Waals surface area contributed by atoms with Crippen LogP contribution in [-0.4, -0.2) is 65.6 Å². The van der Waals surface area contributed by atoms with Gasteiger partial charge in [-0.15, -0.1) is 0 Å². The Hall–Kier alpha value is -2.55. The molecule has 2 aliphatic rings. The van der Waals surface area contributed by atoms with Crippen LogP contribution in [0.2, 0.25) is 0 Å². The lowest BCUT2D eigenvalue weighted by Crippen LogP contribution is -2.44. The molecule has 1 aromatic carbocycles. The van der Waals surface area contributed by atoms with Gasteiger partial charge in [-0.2, -0.15) is 0 Å². The molecular formula is C21H26FN5O2. The molecule has 2 saturated heterocycles. The molecule has 0 radical (unpaired) electrons. The van der Waals surface area contributed by atoms with Crippen LogP contribution in [0.5, 0.6) is 0 Å². The van der Waals surface area contributed by atoms with Crippen LogP contribution in [0.4, 0.5) is 10.1 Å². The fourth-order valence-corrected chi connectivity index (χ4v) is 4.00. The van der Waals surface area contributed by atoms with Crippen LogP contribution in [0.25, 0.3) is 5.69 Å². The molecule has 1 amide bonds. The Labute approximate surface area is 168 Å². The lowest BCUT2D eigenvalue weighted by atomic mass is 10.0. The lowest BCUT2D eigenvalue weighted by Gasteiger charge is -2.33. The van der Waals surface area contributed by atoms with E-state index in [1.165, 1.54) is 29.2 Å². The Bertz CT molecular complexity index is 943. The molecule has 2 fully saturated rings. The van der Waals surface area contributed by atoms with E-state index in [1.54, 1.807) is 24.4 Å². The summed E-state index contributed by atoms with van der Waals surface area (Å²) in [6.45, 7) is 4.88. The zero-order chi connectivity index (χ0) is 20.4. The van der Waals surface area contributed by atoms with Crippen molar-refractivity contribution in [3.05, 3.63) is 58.8 Å². The first-order chi connectivity index (χ1) is 14.0. The number of carbonyl (C=O) groups is 1. The van der Waals surface area contributed by atoms with E-state index >= 15 is 0 Å². The molecule has 4 rings (SSSR count). The van der Waals surface area contributed by atoms with E-state index in [9.17, 15) is 14.0 Å². The molecular weight excluding hydrogens is 373 g/mol. The van der Waals surface area contributed by atoms with Crippen molar-refractivity contribution in [1.82, 2.24) is 14.4 Å². The van der Waals surface area contributed by atoms with Gasteiger partial charge in [-0.1, -0.05) is 6.07 Å². The van der Waals surface area contributed by atoms with Gasteiger partial charge in [0.1, 0.15) is 5.82 Å². The van der Waals surface area contributed by atoms with E-state index in [0.717, 1.165) is 26.2 Å². The molecule has 0 bridgehead atoms. The van der Waals surface area contributed by atoms with Crippen molar-refractivity contribution in [3.63, 3.8) is 0 Å². The summed E-state index contributed by atoms with van der Waals surface area (Å²) in [5.41, 5.74) is 6.50. The summed E-state index contributed by atoms with van der Waals surface area (Å²) in [5.74, 6) is -0.492. The van der Waals surface area contributed by atoms with E-state index in [-0.39, 0.29) is 29.7 Å². The number of halogens is 1. The average Bonchev–Trinajstić information content (AvgIpc) is 2.99. The fourth-order valence-electron chi connectivity index (χ4n) is 4.00. The van der Waals surface area contributed by atoms with Gasteiger partial charge in [-0.25, -0.2) is 4.39 Å². The number of hydrogen-bond donors (Lipinski definition) is 2. The number of rotatable bonds is 6. The molecule has 0 saturated carbocycles. The number of hydrogen-bond acceptors (Lipinski definition) is 5. The van der Waals surface area contributed by atoms with Gasteiger partial charge in [-0.05, 0) is 37.7 Å². The fraction of sp³-hybridized carbons (Fsp3) is 0.429. The number of carbonyl (C=O) groups excluding carboxylic acids is 1. The van der Waals surface area contributed by atoms with Crippen molar-refractivity contribution >= 4 is 11.6 Å². The average molecular weight is 399 g/mol. The third kappa shape index (κ3) is 4.55. The van der Waals surface area contributed by atoms with E-state index in [0.29, 0.717) is 18.2 Å². The minimum Gasteiger partial charge on any atom is -0.326 e. The first-order valence-electron chi connectivity index (χ1n) is 9.97. The number of pyridine rings is 1. The maximum atomic E-state index is 14.5. The van der Waals surface area contributed by atoms with Gasteiger partial charge in [0.15, 0.2) is 0 Å². The Morgan fingerprint density at radius 1 is 1.17 bits per heavy atom.